The van der Waals surface area contributed by atoms with Gasteiger partial charge in [-0.1, -0.05) is 63.8 Å². The molecule has 0 aliphatic carbocycles. The molecule has 0 spiro atoms. The summed E-state index contributed by atoms with van der Waals surface area (Å²) in [5, 5.41) is 18.7. The van der Waals surface area contributed by atoms with Crippen molar-refractivity contribution in [2.24, 2.45) is 23.0 Å². The van der Waals surface area contributed by atoms with Crippen molar-refractivity contribution in [2.75, 3.05) is 44.5 Å². The lowest BCUT2D eigenvalue weighted by molar-refractivity contribution is -0.134. The average molecular weight is 951 g/mol. The molecule has 2 heterocycles. The highest BCUT2D eigenvalue weighted by Gasteiger charge is 2.30. The third-order valence-electron chi connectivity index (χ3n) is 9.79. The van der Waals surface area contributed by atoms with E-state index in [1.54, 1.807) is 24.7 Å². The predicted octanol–water partition coefficient (Wildman–Crippen LogP) is 3.08. The van der Waals surface area contributed by atoms with Crippen molar-refractivity contribution in [1.82, 2.24) is 40.9 Å². The molecule has 3 rings (SSSR count). The van der Waals surface area contributed by atoms with Gasteiger partial charge in [0.2, 0.25) is 32.7 Å². The maximum absolute atomic E-state index is 13.6. The third-order valence-corrected chi connectivity index (χ3v) is 10.7. The first-order valence-electron chi connectivity index (χ1n) is 22.3. The number of ether oxygens (including phenoxy) is 2. The Balaban J connectivity index is 1.30. The van der Waals surface area contributed by atoms with Gasteiger partial charge < -0.3 is 36.5 Å². The second kappa shape index (κ2) is 28.2. The number of aromatic nitrogens is 5. The van der Waals surface area contributed by atoms with Crippen molar-refractivity contribution in [3.05, 3.63) is 59.7 Å². The average Bonchev–Trinajstić information content (AvgIpc) is 3.71. The number of nitrogens with zero attached hydrogens (tertiary/aromatic N) is 5. The highest BCUT2D eigenvalue weighted by molar-refractivity contribution is 7.90. The molecule has 6 N–H and O–H groups in total. The van der Waals surface area contributed by atoms with E-state index in [9.17, 15) is 37.2 Å². The van der Waals surface area contributed by atoms with Crippen molar-refractivity contribution < 1.29 is 46.7 Å². The van der Waals surface area contributed by atoms with Crippen LogP contribution in [0.4, 0.5) is 10.5 Å². The molecule has 21 heteroatoms. The summed E-state index contributed by atoms with van der Waals surface area (Å²) < 4.78 is 35.5. The lowest BCUT2D eigenvalue weighted by Gasteiger charge is -2.24. The van der Waals surface area contributed by atoms with E-state index < -0.39 is 40.3 Å². The summed E-state index contributed by atoms with van der Waals surface area (Å²) in [7, 11) is -3.48. The van der Waals surface area contributed by atoms with Crippen LogP contribution < -0.4 is 27.0 Å². The van der Waals surface area contributed by atoms with Crippen LogP contribution in [0.25, 0.3) is 0 Å². The number of ketones is 2. The van der Waals surface area contributed by atoms with Crippen molar-refractivity contribution in [3.63, 3.8) is 0 Å². The first kappa shape index (κ1) is 55.2. The maximum atomic E-state index is 13.6. The van der Waals surface area contributed by atoms with Gasteiger partial charge in [-0.3, -0.25) is 24.0 Å². The quantitative estimate of drug-likeness (QED) is 0.0380. The second-order valence-electron chi connectivity index (χ2n) is 17.7. The van der Waals surface area contributed by atoms with Crippen LogP contribution in [0.5, 0.6) is 0 Å². The number of nitrogens with one attached hydrogen (secondary N) is 4. The molecule has 67 heavy (non-hydrogen) atoms. The number of carbonyl (C=O) groups excluding carboxylic acids is 6. The Kier molecular flexibility index (Phi) is 23.2. The van der Waals surface area contributed by atoms with Crippen LogP contribution in [0.2, 0.25) is 0 Å². The number of hydrogen-bond acceptors (Lipinski definition) is 14. The van der Waals surface area contributed by atoms with Crippen molar-refractivity contribution in [1.29, 1.82) is 0 Å². The summed E-state index contributed by atoms with van der Waals surface area (Å²) >= 11 is 0. The van der Waals surface area contributed by atoms with Crippen LogP contribution in [0.15, 0.2) is 48.0 Å². The lowest BCUT2D eigenvalue weighted by atomic mass is 9.88. The van der Waals surface area contributed by atoms with Crippen LogP contribution in [-0.4, -0.2) is 114 Å². The predicted molar refractivity (Wildman–Crippen MR) is 249 cm³/mol. The number of benzene rings is 1. The van der Waals surface area contributed by atoms with Gasteiger partial charge >= 0.3 is 6.03 Å². The maximum Gasteiger partial charge on any atom is 0.312 e. The molecule has 2 aromatic heterocycles. The number of rotatable bonds is 29. The molecule has 366 valence electrons. The van der Waals surface area contributed by atoms with E-state index in [1.807, 2.05) is 24.3 Å². The molecule has 0 saturated heterocycles. The van der Waals surface area contributed by atoms with Gasteiger partial charge in [-0.2, -0.15) is 0 Å². The smallest absolute Gasteiger partial charge is 0.312 e. The van der Waals surface area contributed by atoms with Crippen LogP contribution in [0.3, 0.4) is 0 Å². The van der Waals surface area contributed by atoms with Gasteiger partial charge in [-0.05, 0) is 61.1 Å². The molecule has 0 fully saturated rings. The summed E-state index contributed by atoms with van der Waals surface area (Å²) in [5.74, 6) is 3.06. The number of nitrogens with two attached hydrogens (primary N) is 1. The minimum absolute atomic E-state index is 0.100. The Morgan fingerprint density at radius 3 is 2.27 bits per heavy atom. The van der Waals surface area contributed by atoms with Crippen LogP contribution in [0.1, 0.15) is 103 Å². The zero-order valence-electron chi connectivity index (χ0n) is 39.4. The Bertz CT molecular complexity index is 2270. The van der Waals surface area contributed by atoms with Gasteiger partial charge in [0.15, 0.2) is 11.6 Å². The number of Topliss-reactive ketones (excluding diaryl/α,β-unsaturated/α-hetero) is 2. The van der Waals surface area contributed by atoms with E-state index in [1.165, 1.54) is 12.4 Å². The topological polar surface area (TPSA) is 286 Å². The number of carbonyl (C=O) groups is 6. The molecule has 1 aromatic carbocycles. The van der Waals surface area contributed by atoms with Gasteiger partial charge in [-0.15, -0.1) is 5.10 Å². The van der Waals surface area contributed by atoms with E-state index in [2.05, 4.69) is 74.2 Å². The summed E-state index contributed by atoms with van der Waals surface area (Å²) in [6.07, 6.45) is 8.63. The van der Waals surface area contributed by atoms with E-state index in [0.29, 0.717) is 62.4 Å². The minimum Gasteiger partial charge on any atom is -0.380 e. The monoisotopic (exact) mass is 950 g/mol. The molecular weight excluding hydrogens is 885 g/mol. The van der Waals surface area contributed by atoms with Gasteiger partial charge in [0, 0.05) is 69.1 Å². The Morgan fingerprint density at radius 2 is 1.61 bits per heavy atom. The van der Waals surface area contributed by atoms with E-state index in [4.69, 9.17) is 15.2 Å². The second-order valence-corrected chi connectivity index (χ2v) is 19.6. The first-order chi connectivity index (χ1) is 31.7. The van der Waals surface area contributed by atoms with Crippen molar-refractivity contribution >= 4 is 50.8 Å². The number of unbranched alkanes of at least 4 members (excludes halogenated alkanes) is 1. The number of sulfone groups is 1. The van der Waals surface area contributed by atoms with E-state index in [0.717, 1.165) is 18.2 Å². The van der Waals surface area contributed by atoms with E-state index in [-0.39, 0.29) is 85.2 Å². The third kappa shape index (κ3) is 23.3. The summed E-state index contributed by atoms with van der Waals surface area (Å²) in [6.45, 7) is 10.7. The number of primary amides is 1. The normalized spacial score (nSPS) is 12.3. The molecule has 0 aliphatic heterocycles. The first-order valence-corrected chi connectivity index (χ1v) is 24.2. The van der Waals surface area contributed by atoms with Gasteiger partial charge in [-0.25, -0.2) is 27.9 Å². The lowest BCUT2D eigenvalue weighted by Crippen LogP contribution is -2.47. The summed E-state index contributed by atoms with van der Waals surface area (Å²) in [4.78, 5) is 83.3. The van der Waals surface area contributed by atoms with Crippen molar-refractivity contribution in [2.45, 2.75) is 117 Å². The summed E-state index contributed by atoms with van der Waals surface area (Å²) in [6, 6.07) is 5.98. The molecule has 3 aromatic rings. The number of amides is 5. The van der Waals surface area contributed by atoms with Crippen LogP contribution >= 0.6 is 0 Å². The standard InChI is InChI=1S/C46H66N10O10S/c1-32(2)42(39(58)24-35(13-10-20-48-44(47)62)43(61)52-36-18-16-33(17-19-36)25-46(3,4)5)53-41(60)31-66-30-38(57)14-11-22-65-23-21-56-29-37(54-55-56)28-49-40(59)15-9-7-8-12-34-26-50-45(51-27-34)67(6,63)64/h16-19,26-27,29,32,35,42H,7,9-11,13-15,20-25,28,30-31H2,1-6H3,(H,49,59)(H,52,61)(H,53,60)(H3,47,48,62)/t35-,42+/m1/s1. The fourth-order valence-electron chi connectivity index (χ4n) is 6.49. The number of urea groups is 1. The highest BCUT2D eigenvalue weighted by Crippen LogP contribution is 2.23. The fraction of sp³-hybridized carbons (Fsp3) is 0.565. The molecular formula is C46H66N10O10S. The van der Waals surface area contributed by atoms with Gasteiger partial charge in [0.25, 0.3) is 0 Å². The zero-order chi connectivity index (χ0) is 49.4. The Labute approximate surface area is 393 Å². The number of anilines is 1. The summed E-state index contributed by atoms with van der Waals surface area (Å²) in [5.41, 5.74) is 8.06. The number of hydrogen-bond donors (Lipinski definition) is 5. The Morgan fingerprint density at radius 1 is 0.896 bits per heavy atom. The van der Waals surface area contributed by atoms with Crippen LogP contribution in [0, 0.1) is 29.1 Å². The fourth-order valence-corrected chi connectivity index (χ4v) is 6.98. The SMILES string of the molecule is CC(C)[C@H](NC(=O)COCC(=O)CCCOCCn1cc(CNC(=O)CCCC#Cc2cnc(S(C)(=O)=O)nc2)nn1)C(=O)C[C@@H](CCCNC(N)=O)C(=O)Nc1ccc(CC(C)(C)C)cc1. The highest BCUT2D eigenvalue weighted by atomic mass is 32.2. The van der Waals surface area contributed by atoms with E-state index >= 15 is 0 Å². The molecule has 0 radical (unpaired) electrons. The molecule has 0 saturated carbocycles. The zero-order valence-corrected chi connectivity index (χ0v) is 40.2. The van der Waals surface area contributed by atoms with Crippen LogP contribution in [-0.2, 0) is 62.8 Å². The molecule has 20 nitrogen and oxygen atoms in total. The molecule has 2 atom stereocenters. The molecule has 0 unspecified atom stereocenters. The van der Waals surface area contributed by atoms with Gasteiger partial charge in [0.05, 0.1) is 37.5 Å². The van der Waals surface area contributed by atoms with Crippen molar-refractivity contribution in [3.8, 4) is 11.8 Å². The molecule has 0 aliphatic rings. The molecule has 5 amide bonds. The minimum atomic E-state index is -3.48. The Hall–Kier alpha value is -6.11. The largest absolute Gasteiger partial charge is 0.380 e. The molecule has 0 bridgehead atoms. The van der Waals surface area contributed by atoms with Gasteiger partial charge in [0.1, 0.15) is 18.9 Å².